The van der Waals surface area contributed by atoms with Gasteiger partial charge >= 0.3 is 0 Å². The highest BCUT2D eigenvalue weighted by molar-refractivity contribution is 7.89. The van der Waals surface area contributed by atoms with Crippen LogP contribution in [-0.4, -0.2) is 54.8 Å². The van der Waals surface area contributed by atoms with Crippen LogP contribution in [0.1, 0.15) is 12.8 Å². The van der Waals surface area contributed by atoms with Crippen LogP contribution in [0.3, 0.4) is 0 Å². The highest BCUT2D eigenvalue weighted by Crippen LogP contribution is 2.27. The maximum atomic E-state index is 12.6. The van der Waals surface area contributed by atoms with Gasteiger partial charge in [0.25, 0.3) is 0 Å². The van der Waals surface area contributed by atoms with Crippen molar-refractivity contribution in [2.75, 3.05) is 31.9 Å². The molecule has 2 aliphatic heterocycles. The molecule has 19 heavy (non-hydrogen) atoms. The second kappa shape index (κ2) is 4.73. The largest absolute Gasteiger partial charge is 0.398 e. The number of sulfonamides is 1. The fourth-order valence-electron chi connectivity index (χ4n) is 2.93. The van der Waals surface area contributed by atoms with Gasteiger partial charge in [-0.1, -0.05) is 0 Å². The van der Waals surface area contributed by atoms with E-state index in [1.807, 2.05) is 0 Å². The van der Waals surface area contributed by atoms with Crippen LogP contribution < -0.4 is 5.73 Å². The minimum atomic E-state index is -3.51. The zero-order chi connectivity index (χ0) is 13.5. The Balaban J connectivity index is 1.87. The molecular formula is C12H18N4O2S. The fraction of sp³-hybridized carbons (Fsp3) is 0.583. The van der Waals surface area contributed by atoms with Gasteiger partial charge in [0.05, 0.1) is 5.69 Å². The summed E-state index contributed by atoms with van der Waals surface area (Å²) in [5.41, 5.74) is 6.03. The third kappa shape index (κ3) is 2.22. The van der Waals surface area contributed by atoms with E-state index in [2.05, 4.69) is 9.88 Å². The van der Waals surface area contributed by atoms with E-state index in [4.69, 9.17) is 5.73 Å². The lowest BCUT2D eigenvalue weighted by atomic mass is 10.2. The number of pyridine rings is 1. The number of hydrogen-bond donors (Lipinski definition) is 1. The number of nitrogen functional groups attached to an aromatic ring is 1. The first-order valence-corrected chi connectivity index (χ1v) is 7.97. The molecule has 0 radical (unpaired) electrons. The molecule has 3 rings (SSSR count). The highest BCUT2D eigenvalue weighted by atomic mass is 32.2. The zero-order valence-corrected chi connectivity index (χ0v) is 11.5. The number of piperazine rings is 1. The predicted octanol–water partition coefficient (Wildman–Crippen LogP) is 0.132. The second-order valence-electron chi connectivity index (χ2n) is 5.11. The van der Waals surface area contributed by atoms with Crippen molar-refractivity contribution in [1.29, 1.82) is 0 Å². The molecule has 104 valence electrons. The Morgan fingerprint density at radius 2 is 2.16 bits per heavy atom. The van der Waals surface area contributed by atoms with Gasteiger partial charge in [0.1, 0.15) is 4.90 Å². The van der Waals surface area contributed by atoms with E-state index in [0.29, 0.717) is 19.1 Å². The first kappa shape index (κ1) is 12.8. The molecular weight excluding hydrogens is 264 g/mol. The minimum Gasteiger partial charge on any atom is -0.398 e. The van der Waals surface area contributed by atoms with E-state index in [0.717, 1.165) is 25.9 Å². The average molecular weight is 282 g/mol. The van der Waals surface area contributed by atoms with Gasteiger partial charge in [0.2, 0.25) is 10.0 Å². The van der Waals surface area contributed by atoms with Crippen LogP contribution in [-0.2, 0) is 10.0 Å². The van der Waals surface area contributed by atoms with Crippen LogP contribution in [0.15, 0.2) is 23.4 Å². The molecule has 2 N–H and O–H groups in total. The van der Waals surface area contributed by atoms with Gasteiger partial charge in [-0.25, -0.2) is 8.42 Å². The number of fused-ring (bicyclic) bond motifs is 1. The molecule has 7 heteroatoms. The molecule has 0 saturated carbocycles. The topological polar surface area (TPSA) is 79.5 Å². The molecule has 1 atom stereocenters. The minimum absolute atomic E-state index is 0.126. The number of anilines is 1. The summed E-state index contributed by atoms with van der Waals surface area (Å²) < 4.78 is 26.7. The van der Waals surface area contributed by atoms with E-state index < -0.39 is 10.0 Å². The Morgan fingerprint density at radius 3 is 2.95 bits per heavy atom. The lowest BCUT2D eigenvalue weighted by molar-refractivity contribution is 0.158. The smallest absolute Gasteiger partial charge is 0.246 e. The summed E-state index contributed by atoms with van der Waals surface area (Å²) in [5, 5.41) is 0. The molecule has 2 aliphatic rings. The summed E-state index contributed by atoms with van der Waals surface area (Å²) in [7, 11) is -3.51. The van der Waals surface area contributed by atoms with E-state index in [9.17, 15) is 8.42 Å². The quantitative estimate of drug-likeness (QED) is 0.834. The van der Waals surface area contributed by atoms with Crippen LogP contribution in [0.25, 0.3) is 0 Å². The molecule has 1 aromatic heterocycles. The highest BCUT2D eigenvalue weighted by Gasteiger charge is 2.36. The molecule has 1 unspecified atom stereocenters. The second-order valence-corrected chi connectivity index (χ2v) is 7.01. The van der Waals surface area contributed by atoms with Crippen molar-refractivity contribution in [2.45, 2.75) is 23.8 Å². The van der Waals surface area contributed by atoms with Crippen LogP contribution >= 0.6 is 0 Å². The van der Waals surface area contributed by atoms with Crippen LogP contribution in [0.2, 0.25) is 0 Å². The summed E-state index contributed by atoms with van der Waals surface area (Å²) in [6.07, 6.45) is 5.08. The average Bonchev–Trinajstić information content (AvgIpc) is 2.86. The molecule has 2 saturated heterocycles. The molecule has 0 aliphatic carbocycles. The molecule has 2 fully saturated rings. The molecule has 1 aromatic rings. The first-order chi connectivity index (χ1) is 9.09. The number of aromatic nitrogens is 1. The predicted molar refractivity (Wildman–Crippen MR) is 72.0 cm³/mol. The van der Waals surface area contributed by atoms with Crippen molar-refractivity contribution in [1.82, 2.24) is 14.2 Å². The Kier molecular flexibility index (Phi) is 3.20. The number of hydrogen-bond acceptors (Lipinski definition) is 5. The first-order valence-electron chi connectivity index (χ1n) is 6.53. The van der Waals surface area contributed by atoms with Gasteiger partial charge < -0.3 is 5.73 Å². The molecule has 0 amide bonds. The number of nitrogens with zero attached hydrogens (tertiary/aromatic N) is 3. The Bertz CT molecular complexity index is 575. The summed E-state index contributed by atoms with van der Waals surface area (Å²) in [6.45, 7) is 3.00. The Hall–Kier alpha value is -1.18. The van der Waals surface area contributed by atoms with Gasteiger partial charge in [-0.2, -0.15) is 4.31 Å². The third-order valence-electron chi connectivity index (χ3n) is 3.98. The number of nitrogens with two attached hydrogens (primary N) is 1. The van der Waals surface area contributed by atoms with E-state index in [1.165, 1.54) is 18.5 Å². The van der Waals surface area contributed by atoms with Crippen molar-refractivity contribution >= 4 is 15.7 Å². The lowest BCUT2D eigenvalue weighted by Crippen LogP contribution is -2.51. The molecule has 0 aromatic carbocycles. The van der Waals surface area contributed by atoms with Gasteiger partial charge in [-0.3, -0.25) is 9.88 Å². The van der Waals surface area contributed by atoms with Crippen LogP contribution in [0.5, 0.6) is 0 Å². The summed E-state index contributed by atoms with van der Waals surface area (Å²) >= 11 is 0. The Morgan fingerprint density at radius 1 is 1.32 bits per heavy atom. The fourth-order valence-corrected chi connectivity index (χ4v) is 4.45. The van der Waals surface area contributed by atoms with Gasteiger partial charge in [-0.05, 0) is 25.5 Å². The molecule has 0 bridgehead atoms. The summed E-state index contributed by atoms with van der Waals surface area (Å²) in [5.74, 6) is 0. The van der Waals surface area contributed by atoms with E-state index in [1.54, 1.807) is 4.31 Å². The lowest BCUT2D eigenvalue weighted by Gasteiger charge is -2.36. The molecule has 3 heterocycles. The number of rotatable bonds is 2. The summed E-state index contributed by atoms with van der Waals surface area (Å²) in [6, 6.07) is 1.89. The van der Waals surface area contributed by atoms with Crippen LogP contribution in [0.4, 0.5) is 5.69 Å². The van der Waals surface area contributed by atoms with Crippen molar-refractivity contribution < 1.29 is 8.42 Å². The SMILES string of the molecule is Nc1ccncc1S(=O)(=O)N1CCN2CCCC2C1. The van der Waals surface area contributed by atoms with Crippen LogP contribution in [0, 0.1) is 0 Å². The van der Waals surface area contributed by atoms with Crippen molar-refractivity contribution in [3.8, 4) is 0 Å². The standard InChI is InChI=1S/C12H18N4O2S/c13-11-3-4-14-8-12(11)19(17,18)16-7-6-15-5-1-2-10(15)9-16/h3-4,8,10H,1-2,5-7,9H2,(H2,13,14). The van der Waals surface area contributed by atoms with Gasteiger partial charge in [0.15, 0.2) is 0 Å². The maximum Gasteiger partial charge on any atom is 0.246 e. The van der Waals surface area contributed by atoms with E-state index in [-0.39, 0.29) is 10.6 Å². The molecule has 6 nitrogen and oxygen atoms in total. The van der Waals surface area contributed by atoms with Crippen molar-refractivity contribution in [3.63, 3.8) is 0 Å². The van der Waals surface area contributed by atoms with E-state index >= 15 is 0 Å². The maximum absolute atomic E-state index is 12.6. The Labute approximate surface area is 113 Å². The monoisotopic (exact) mass is 282 g/mol. The zero-order valence-electron chi connectivity index (χ0n) is 10.7. The van der Waals surface area contributed by atoms with Gasteiger partial charge in [0, 0.05) is 38.1 Å². The van der Waals surface area contributed by atoms with Crippen molar-refractivity contribution in [2.24, 2.45) is 0 Å². The third-order valence-corrected chi connectivity index (χ3v) is 5.89. The normalized spacial score (nSPS) is 25.4. The molecule has 0 spiro atoms. The van der Waals surface area contributed by atoms with Crippen molar-refractivity contribution in [3.05, 3.63) is 18.5 Å². The summed E-state index contributed by atoms with van der Waals surface area (Å²) in [4.78, 5) is 6.38. The van der Waals surface area contributed by atoms with Gasteiger partial charge in [-0.15, -0.1) is 0 Å².